The van der Waals surface area contributed by atoms with Gasteiger partial charge in [-0.3, -0.25) is 9.59 Å². The normalized spacial score (nSPS) is 24.0. The van der Waals surface area contributed by atoms with E-state index in [1.54, 1.807) is 0 Å². The van der Waals surface area contributed by atoms with Crippen molar-refractivity contribution in [2.24, 2.45) is 17.8 Å². The average molecular weight is 318 g/mol. The number of carbonyl (C=O) groups excluding carboxylic acids is 2. The highest BCUT2D eigenvalue weighted by Gasteiger charge is 2.47. The van der Waals surface area contributed by atoms with Crippen LogP contribution in [-0.2, 0) is 9.53 Å². The molecule has 124 valence electrons. The number of esters is 1. The fraction of sp³-hybridized carbons (Fsp3) is 0.588. The van der Waals surface area contributed by atoms with Crippen molar-refractivity contribution in [2.45, 2.75) is 38.5 Å². The monoisotopic (exact) mass is 318 g/mol. The second-order valence-corrected chi connectivity index (χ2v) is 6.52. The molecule has 2 atom stereocenters. The molecule has 3 rings (SSSR count). The van der Waals surface area contributed by atoms with Gasteiger partial charge in [-0.25, -0.2) is 4.79 Å². The first-order valence-corrected chi connectivity index (χ1v) is 8.22. The zero-order chi connectivity index (χ0) is 16.4. The number of methoxy groups -OCH3 is 1. The molecule has 0 aliphatic heterocycles. The van der Waals surface area contributed by atoms with Gasteiger partial charge in [-0.1, -0.05) is 32.1 Å². The van der Waals surface area contributed by atoms with Crippen molar-refractivity contribution in [2.75, 3.05) is 12.4 Å². The Hall–Kier alpha value is -2.11. The SMILES string of the molecule is COC(=O)c1c[nH]c(=O)c(NC(=O)C2CC2C2CCCCC2)c1. The molecule has 0 aromatic carbocycles. The summed E-state index contributed by atoms with van der Waals surface area (Å²) in [5, 5.41) is 2.67. The Morgan fingerprint density at radius 1 is 1.26 bits per heavy atom. The molecule has 1 amide bonds. The molecule has 0 radical (unpaired) electrons. The Bertz CT molecular complexity index is 661. The highest BCUT2D eigenvalue weighted by Crippen LogP contribution is 2.49. The number of pyridine rings is 1. The van der Waals surface area contributed by atoms with E-state index in [0.29, 0.717) is 11.8 Å². The van der Waals surface area contributed by atoms with Gasteiger partial charge in [-0.2, -0.15) is 0 Å². The maximum Gasteiger partial charge on any atom is 0.339 e. The van der Waals surface area contributed by atoms with E-state index in [1.165, 1.54) is 51.5 Å². The standard InChI is InChI=1S/C17H22N2O4/c1-23-17(22)11-7-14(16(21)18-9-11)19-15(20)13-8-12(13)10-5-3-2-4-6-10/h7,9-10,12-13H,2-6,8H2,1H3,(H,18,21)(H,19,20). The number of nitrogens with one attached hydrogen (secondary N) is 2. The van der Waals surface area contributed by atoms with Crippen LogP contribution in [0.2, 0.25) is 0 Å². The average Bonchev–Trinajstić information content (AvgIpc) is 3.37. The number of aromatic amines is 1. The lowest BCUT2D eigenvalue weighted by molar-refractivity contribution is -0.117. The number of H-pyrrole nitrogens is 1. The van der Waals surface area contributed by atoms with Gasteiger partial charge < -0.3 is 15.0 Å². The summed E-state index contributed by atoms with van der Waals surface area (Å²) in [5.74, 6) is 0.438. The highest BCUT2D eigenvalue weighted by molar-refractivity contribution is 5.96. The molecule has 2 N–H and O–H groups in total. The lowest BCUT2D eigenvalue weighted by Gasteiger charge is -2.21. The Labute approximate surface area is 134 Å². The van der Waals surface area contributed by atoms with Gasteiger partial charge in [0.15, 0.2) is 0 Å². The van der Waals surface area contributed by atoms with Crippen LogP contribution in [0.4, 0.5) is 5.69 Å². The Balaban J connectivity index is 1.64. The van der Waals surface area contributed by atoms with Gasteiger partial charge in [-0.05, 0) is 24.3 Å². The van der Waals surface area contributed by atoms with Gasteiger partial charge >= 0.3 is 5.97 Å². The van der Waals surface area contributed by atoms with E-state index in [9.17, 15) is 14.4 Å². The Kier molecular flexibility index (Phi) is 4.50. The van der Waals surface area contributed by atoms with Crippen molar-refractivity contribution in [1.82, 2.24) is 4.98 Å². The summed E-state index contributed by atoms with van der Waals surface area (Å²) < 4.78 is 4.62. The molecule has 0 bridgehead atoms. The minimum absolute atomic E-state index is 0.000664. The Morgan fingerprint density at radius 3 is 2.70 bits per heavy atom. The maximum absolute atomic E-state index is 12.4. The van der Waals surface area contributed by atoms with Crippen molar-refractivity contribution in [1.29, 1.82) is 0 Å². The second-order valence-electron chi connectivity index (χ2n) is 6.52. The van der Waals surface area contributed by atoms with Crippen molar-refractivity contribution < 1.29 is 14.3 Å². The lowest BCUT2D eigenvalue weighted by atomic mass is 9.85. The maximum atomic E-state index is 12.4. The van der Waals surface area contributed by atoms with Gasteiger partial charge in [0, 0.05) is 12.1 Å². The first kappa shape index (κ1) is 15.8. The summed E-state index contributed by atoms with van der Waals surface area (Å²) in [5.41, 5.74) is -0.102. The number of amides is 1. The molecule has 6 nitrogen and oxygen atoms in total. The predicted octanol–water partition coefficient (Wildman–Crippen LogP) is 2.32. The third-order valence-corrected chi connectivity index (χ3v) is 5.01. The van der Waals surface area contributed by atoms with Crippen LogP contribution >= 0.6 is 0 Å². The van der Waals surface area contributed by atoms with Crippen molar-refractivity contribution in [3.8, 4) is 0 Å². The number of anilines is 1. The molecule has 0 saturated heterocycles. The summed E-state index contributed by atoms with van der Waals surface area (Å²) >= 11 is 0. The largest absolute Gasteiger partial charge is 0.465 e. The molecule has 0 spiro atoms. The predicted molar refractivity (Wildman–Crippen MR) is 85.2 cm³/mol. The molecule has 2 fully saturated rings. The van der Waals surface area contributed by atoms with Crippen LogP contribution in [0.15, 0.2) is 17.1 Å². The number of hydrogen-bond acceptors (Lipinski definition) is 4. The number of carbonyl (C=O) groups is 2. The zero-order valence-electron chi connectivity index (χ0n) is 13.3. The van der Waals surface area contributed by atoms with E-state index in [1.807, 2.05) is 0 Å². The lowest BCUT2D eigenvalue weighted by Crippen LogP contribution is -2.23. The number of ether oxygens (including phenoxy) is 1. The third-order valence-electron chi connectivity index (χ3n) is 5.01. The van der Waals surface area contributed by atoms with Crippen LogP contribution in [0, 0.1) is 17.8 Å². The first-order chi connectivity index (χ1) is 11.1. The third kappa shape index (κ3) is 3.46. The van der Waals surface area contributed by atoms with Crippen LogP contribution in [0.1, 0.15) is 48.9 Å². The topological polar surface area (TPSA) is 88.3 Å². The molecule has 1 aromatic heterocycles. The molecule has 2 aliphatic carbocycles. The minimum atomic E-state index is -0.553. The molecular formula is C17H22N2O4. The van der Waals surface area contributed by atoms with E-state index in [0.717, 1.165) is 6.42 Å². The van der Waals surface area contributed by atoms with E-state index < -0.39 is 11.5 Å². The van der Waals surface area contributed by atoms with Crippen LogP contribution in [0.3, 0.4) is 0 Å². The molecule has 6 heteroatoms. The fourth-order valence-corrected chi connectivity index (χ4v) is 3.64. The van der Waals surface area contributed by atoms with E-state index in [2.05, 4.69) is 15.0 Å². The number of hydrogen-bond donors (Lipinski definition) is 2. The van der Waals surface area contributed by atoms with Gasteiger partial charge in [0.25, 0.3) is 5.56 Å². The molecule has 2 unspecified atom stereocenters. The van der Waals surface area contributed by atoms with Crippen molar-refractivity contribution >= 4 is 17.6 Å². The zero-order valence-corrected chi connectivity index (χ0v) is 13.3. The second kappa shape index (κ2) is 6.56. The van der Waals surface area contributed by atoms with E-state index in [-0.39, 0.29) is 23.1 Å². The van der Waals surface area contributed by atoms with Gasteiger partial charge in [0.2, 0.25) is 5.91 Å². The first-order valence-electron chi connectivity index (χ1n) is 8.22. The van der Waals surface area contributed by atoms with Crippen LogP contribution < -0.4 is 10.9 Å². The quantitative estimate of drug-likeness (QED) is 0.834. The van der Waals surface area contributed by atoms with Crippen LogP contribution in [0.25, 0.3) is 0 Å². The van der Waals surface area contributed by atoms with Crippen molar-refractivity contribution in [3.63, 3.8) is 0 Å². The molecule has 2 saturated carbocycles. The number of rotatable bonds is 4. The smallest absolute Gasteiger partial charge is 0.339 e. The molecule has 23 heavy (non-hydrogen) atoms. The summed E-state index contributed by atoms with van der Waals surface area (Å²) in [6.45, 7) is 0. The van der Waals surface area contributed by atoms with Crippen LogP contribution in [0.5, 0.6) is 0 Å². The van der Waals surface area contributed by atoms with Gasteiger partial charge in [-0.15, -0.1) is 0 Å². The van der Waals surface area contributed by atoms with Crippen LogP contribution in [-0.4, -0.2) is 24.0 Å². The molecular weight excluding hydrogens is 296 g/mol. The number of aromatic nitrogens is 1. The van der Waals surface area contributed by atoms with Crippen molar-refractivity contribution in [3.05, 3.63) is 28.2 Å². The summed E-state index contributed by atoms with van der Waals surface area (Å²) in [7, 11) is 1.27. The molecule has 2 aliphatic rings. The highest BCUT2D eigenvalue weighted by atomic mass is 16.5. The summed E-state index contributed by atoms with van der Waals surface area (Å²) in [6.07, 6.45) is 8.44. The molecule has 1 heterocycles. The summed E-state index contributed by atoms with van der Waals surface area (Å²) in [6, 6.07) is 1.36. The summed E-state index contributed by atoms with van der Waals surface area (Å²) in [4.78, 5) is 38.1. The van der Waals surface area contributed by atoms with E-state index >= 15 is 0 Å². The fourth-order valence-electron chi connectivity index (χ4n) is 3.64. The van der Waals surface area contributed by atoms with Gasteiger partial charge in [0.05, 0.1) is 12.7 Å². The Morgan fingerprint density at radius 2 is 2.00 bits per heavy atom. The molecule has 1 aromatic rings. The van der Waals surface area contributed by atoms with Gasteiger partial charge in [0.1, 0.15) is 5.69 Å². The minimum Gasteiger partial charge on any atom is -0.465 e. The van der Waals surface area contributed by atoms with E-state index in [4.69, 9.17) is 0 Å².